The Bertz CT molecular complexity index is 1130. The van der Waals surface area contributed by atoms with Crippen LogP contribution >= 0.6 is 0 Å². The first-order valence-electron chi connectivity index (χ1n) is 12.2. The molecule has 3 aliphatic heterocycles. The lowest BCUT2D eigenvalue weighted by Crippen LogP contribution is -2.46. The molecule has 1 atom stereocenters. The fourth-order valence-electron chi connectivity index (χ4n) is 5.76. The van der Waals surface area contributed by atoms with E-state index >= 15 is 0 Å². The molecule has 2 N–H and O–H groups in total. The molecule has 8 nitrogen and oxygen atoms in total. The van der Waals surface area contributed by atoms with Crippen LogP contribution in [0.25, 0.3) is 0 Å². The molecule has 0 saturated heterocycles. The van der Waals surface area contributed by atoms with Crippen molar-refractivity contribution in [2.75, 3.05) is 37.9 Å². The van der Waals surface area contributed by atoms with Crippen molar-refractivity contribution in [2.45, 2.75) is 37.5 Å². The number of hydrogen-bond acceptors (Lipinski definition) is 5. The third kappa shape index (κ3) is 3.35. The number of hydrogen-bond donors (Lipinski definition) is 2. The van der Waals surface area contributed by atoms with Crippen LogP contribution in [-0.4, -0.2) is 45.0 Å². The molecule has 0 aromatic heterocycles. The second-order valence-electron chi connectivity index (χ2n) is 9.51. The van der Waals surface area contributed by atoms with Gasteiger partial charge in [0.05, 0.1) is 0 Å². The Labute approximate surface area is 198 Å². The van der Waals surface area contributed by atoms with Crippen LogP contribution in [0.2, 0.25) is 0 Å². The van der Waals surface area contributed by atoms with Gasteiger partial charge in [0.1, 0.15) is 17.8 Å². The van der Waals surface area contributed by atoms with E-state index in [9.17, 15) is 9.59 Å². The van der Waals surface area contributed by atoms with Crippen LogP contribution in [0.15, 0.2) is 36.4 Å². The molecule has 1 saturated carbocycles. The average molecular weight is 464 g/mol. The molecule has 1 fully saturated rings. The third-order valence-electron chi connectivity index (χ3n) is 7.54. The highest BCUT2D eigenvalue weighted by molar-refractivity contribution is 6.11. The molecule has 4 aliphatic rings. The van der Waals surface area contributed by atoms with Gasteiger partial charge in [-0.25, -0.2) is 4.79 Å². The lowest BCUT2D eigenvalue weighted by Gasteiger charge is -2.24. The van der Waals surface area contributed by atoms with E-state index in [-0.39, 0.29) is 25.3 Å². The van der Waals surface area contributed by atoms with Crippen LogP contribution < -0.4 is 29.7 Å². The molecule has 8 heteroatoms. The molecule has 6 rings (SSSR count). The van der Waals surface area contributed by atoms with Gasteiger partial charge in [0, 0.05) is 37.0 Å². The molecular formula is C26H29N3O5. The van der Waals surface area contributed by atoms with E-state index in [1.807, 2.05) is 36.4 Å². The Morgan fingerprint density at radius 2 is 1.76 bits per heavy atom. The van der Waals surface area contributed by atoms with Crippen molar-refractivity contribution >= 4 is 17.6 Å². The number of benzene rings is 2. The zero-order valence-corrected chi connectivity index (χ0v) is 19.1. The van der Waals surface area contributed by atoms with Crippen molar-refractivity contribution in [1.29, 1.82) is 0 Å². The fourth-order valence-corrected chi connectivity index (χ4v) is 5.76. The molecule has 0 radical (unpaired) electrons. The summed E-state index contributed by atoms with van der Waals surface area (Å²) in [6.45, 7) is 1.85. The largest absolute Gasteiger partial charge is 0.491 e. The molecule has 1 unspecified atom stereocenters. The van der Waals surface area contributed by atoms with Gasteiger partial charge in [0.25, 0.3) is 0 Å². The number of ether oxygens (including phenoxy) is 3. The van der Waals surface area contributed by atoms with Crippen molar-refractivity contribution in [3.05, 3.63) is 47.5 Å². The molecule has 34 heavy (non-hydrogen) atoms. The number of anilines is 1. The summed E-state index contributed by atoms with van der Waals surface area (Å²) in [5, 5.41) is 5.92. The number of para-hydroxylation sites is 1. The monoisotopic (exact) mass is 463 g/mol. The molecule has 1 aliphatic carbocycles. The van der Waals surface area contributed by atoms with Gasteiger partial charge in [-0.1, -0.05) is 37.5 Å². The molecule has 1 spiro atoms. The van der Waals surface area contributed by atoms with Gasteiger partial charge < -0.3 is 29.7 Å². The summed E-state index contributed by atoms with van der Waals surface area (Å²) >= 11 is 0. The van der Waals surface area contributed by atoms with Crippen LogP contribution in [0.1, 0.15) is 43.2 Å². The second-order valence-corrected chi connectivity index (χ2v) is 9.51. The zero-order chi connectivity index (χ0) is 23.1. The Kier molecular flexibility index (Phi) is 5.23. The van der Waals surface area contributed by atoms with E-state index in [0.29, 0.717) is 42.8 Å². The minimum atomic E-state index is -0.920. The number of carbonyl (C=O) groups excluding carboxylic acids is 2. The van der Waals surface area contributed by atoms with Gasteiger partial charge in [0.2, 0.25) is 12.7 Å². The van der Waals surface area contributed by atoms with Crippen molar-refractivity contribution in [3.63, 3.8) is 0 Å². The van der Waals surface area contributed by atoms with Gasteiger partial charge >= 0.3 is 6.03 Å². The topological polar surface area (TPSA) is 89.1 Å². The molecule has 3 amide bonds. The predicted octanol–water partition coefficient (Wildman–Crippen LogP) is 3.32. The first kappa shape index (κ1) is 21.1. The van der Waals surface area contributed by atoms with Crippen molar-refractivity contribution in [2.24, 2.45) is 5.92 Å². The first-order valence-corrected chi connectivity index (χ1v) is 12.2. The number of nitrogens with one attached hydrogen (secondary N) is 2. The molecule has 3 heterocycles. The molecule has 178 valence electrons. The van der Waals surface area contributed by atoms with Crippen LogP contribution in [0.3, 0.4) is 0 Å². The SMILES string of the molecule is O=C(NCCN1C(=O)C2(COc3cc4c(cc32)OCO4)c2ccccc21)NCC1CCCCC1. The third-order valence-corrected chi connectivity index (χ3v) is 7.54. The van der Waals surface area contributed by atoms with Gasteiger partial charge in [-0.15, -0.1) is 0 Å². The smallest absolute Gasteiger partial charge is 0.314 e. The maximum Gasteiger partial charge on any atom is 0.314 e. The zero-order valence-electron chi connectivity index (χ0n) is 19.1. The van der Waals surface area contributed by atoms with Crippen molar-refractivity contribution in [1.82, 2.24) is 10.6 Å². The van der Waals surface area contributed by atoms with Gasteiger partial charge in [0.15, 0.2) is 11.5 Å². The number of fused-ring (bicyclic) bond motifs is 5. The van der Waals surface area contributed by atoms with Crippen LogP contribution in [0.5, 0.6) is 17.2 Å². The number of nitrogens with zero attached hydrogens (tertiary/aromatic N) is 1. The van der Waals surface area contributed by atoms with E-state index < -0.39 is 5.41 Å². The van der Waals surface area contributed by atoms with E-state index in [2.05, 4.69) is 10.6 Å². The van der Waals surface area contributed by atoms with Crippen LogP contribution in [0.4, 0.5) is 10.5 Å². The van der Waals surface area contributed by atoms with Gasteiger partial charge in [-0.05, 0) is 36.5 Å². The maximum absolute atomic E-state index is 13.9. The Morgan fingerprint density at radius 1 is 0.971 bits per heavy atom. The highest BCUT2D eigenvalue weighted by Crippen LogP contribution is 2.54. The standard InChI is InChI=1S/C26H29N3O5/c30-24-26(15-32-21-13-23-22(12-19(21)26)33-16-34-23)18-8-4-5-9-20(18)29(24)11-10-27-25(31)28-14-17-6-2-1-3-7-17/h4-5,8-9,12-13,17H,1-3,6-7,10-11,14-16H2,(H2,27,28,31). The maximum atomic E-state index is 13.9. The lowest BCUT2D eigenvalue weighted by atomic mass is 9.77. The minimum Gasteiger partial charge on any atom is -0.491 e. The Hall–Kier alpha value is -3.42. The summed E-state index contributed by atoms with van der Waals surface area (Å²) in [5.74, 6) is 2.44. The molecule has 0 bridgehead atoms. The van der Waals surface area contributed by atoms with Gasteiger partial charge in [-0.3, -0.25) is 4.79 Å². The fraction of sp³-hybridized carbons (Fsp3) is 0.462. The van der Waals surface area contributed by atoms with Crippen LogP contribution in [0, 0.1) is 5.92 Å². The summed E-state index contributed by atoms with van der Waals surface area (Å²) in [7, 11) is 0. The molecule has 2 aromatic rings. The summed E-state index contributed by atoms with van der Waals surface area (Å²) < 4.78 is 17.1. The highest BCUT2D eigenvalue weighted by Gasteiger charge is 2.57. The summed E-state index contributed by atoms with van der Waals surface area (Å²) in [5.41, 5.74) is 1.65. The Balaban J connectivity index is 1.17. The Morgan fingerprint density at radius 3 is 2.62 bits per heavy atom. The number of rotatable bonds is 5. The summed E-state index contributed by atoms with van der Waals surface area (Å²) in [6.07, 6.45) is 6.17. The number of carbonyl (C=O) groups is 2. The van der Waals surface area contributed by atoms with Crippen LogP contribution in [-0.2, 0) is 10.2 Å². The van der Waals surface area contributed by atoms with Crippen molar-refractivity contribution in [3.8, 4) is 17.2 Å². The second kappa shape index (κ2) is 8.42. The summed E-state index contributed by atoms with van der Waals surface area (Å²) in [6, 6.07) is 11.3. The first-order chi connectivity index (χ1) is 16.7. The van der Waals surface area contributed by atoms with E-state index in [1.165, 1.54) is 32.1 Å². The number of urea groups is 1. The normalized spacial score (nSPS) is 22.5. The summed E-state index contributed by atoms with van der Waals surface area (Å²) in [4.78, 5) is 28.0. The van der Waals surface area contributed by atoms with Crippen molar-refractivity contribution < 1.29 is 23.8 Å². The van der Waals surface area contributed by atoms with Gasteiger partial charge in [-0.2, -0.15) is 0 Å². The highest BCUT2D eigenvalue weighted by atomic mass is 16.7. The molecule has 2 aromatic carbocycles. The quantitative estimate of drug-likeness (QED) is 0.710. The van der Waals surface area contributed by atoms with E-state index in [0.717, 1.165) is 16.8 Å². The van der Waals surface area contributed by atoms with E-state index in [1.54, 1.807) is 4.90 Å². The average Bonchev–Trinajstić information content (AvgIpc) is 3.54. The minimum absolute atomic E-state index is 0.0456. The predicted molar refractivity (Wildman–Crippen MR) is 126 cm³/mol. The molecular weight excluding hydrogens is 434 g/mol. The van der Waals surface area contributed by atoms with E-state index in [4.69, 9.17) is 14.2 Å². The lowest BCUT2D eigenvalue weighted by molar-refractivity contribution is -0.122. The number of amides is 3.